The van der Waals surface area contributed by atoms with E-state index in [0.717, 1.165) is 6.54 Å². The maximum atomic E-state index is 3.41. The molecule has 0 spiro atoms. The Morgan fingerprint density at radius 2 is 2.09 bits per heavy atom. The number of rotatable bonds is 0. The van der Waals surface area contributed by atoms with Crippen LogP contribution >= 0.6 is 0 Å². The van der Waals surface area contributed by atoms with Gasteiger partial charge in [0.15, 0.2) is 0 Å². The third kappa shape index (κ3) is 0.917. The van der Waals surface area contributed by atoms with Gasteiger partial charge in [-0.2, -0.15) is 0 Å². The Bertz CT molecular complexity index is 289. The highest BCUT2D eigenvalue weighted by Gasteiger charge is 2.12. The molecule has 0 aromatic heterocycles. The minimum absolute atomic E-state index is 1.11. The molecule has 0 fully saturated rings. The Labute approximate surface area is 67.4 Å². The van der Waals surface area contributed by atoms with E-state index in [-0.39, 0.29) is 0 Å². The Kier molecular flexibility index (Phi) is 1.38. The number of hydrogen-bond acceptors (Lipinski definition) is 1. The topological polar surface area (TPSA) is 12.0 Å². The van der Waals surface area contributed by atoms with E-state index in [1.807, 2.05) is 0 Å². The van der Waals surface area contributed by atoms with Crippen molar-refractivity contribution in [2.75, 3.05) is 11.9 Å². The summed E-state index contributed by atoms with van der Waals surface area (Å²) in [5.41, 5.74) is 5.66. The molecule has 1 aromatic carbocycles. The molecule has 0 radical (unpaired) electrons. The zero-order valence-corrected chi connectivity index (χ0v) is 7.07. The monoisotopic (exact) mass is 147 g/mol. The molecule has 0 amide bonds. The van der Waals surface area contributed by atoms with Crippen molar-refractivity contribution < 1.29 is 0 Å². The first-order valence-corrected chi connectivity index (χ1v) is 4.12. The van der Waals surface area contributed by atoms with Gasteiger partial charge in [0, 0.05) is 12.2 Å². The largest absolute Gasteiger partial charge is 0.384 e. The van der Waals surface area contributed by atoms with Gasteiger partial charge in [0.25, 0.3) is 0 Å². The molecule has 1 nitrogen and oxygen atoms in total. The third-order valence-corrected chi connectivity index (χ3v) is 2.52. The summed E-state index contributed by atoms with van der Waals surface area (Å²) in [7, 11) is 0. The summed E-state index contributed by atoms with van der Waals surface area (Å²) in [5.74, 6) is 0. The van der Waals surface area contributed by atoms with Crippen molar-refractivity contribution in [1.82, 2.24) is 0 Å². The van der Waals surface area contributed by atoms with E-state index in [9.17, 15) is 0 Å². The zero-order valence-electron chi connectivity index (χ0n) is 7.07. The van der Waals surface area contributed by atoms with Crippen LogP contribution in [0.3, 0.4) is 0 Å². The van der Waals surface area contributed by atoms with Crippen molar-refractivity contribution in [3.05, 3.63) is 28.8 Å². The fourth-order valence-electron chi connectivity index (χ4n) is 1.65. The lowest BCUT2D eigenvalue weighted by molar-refractivity contribution is 1.11. The Balaban J connectivity index is 2.62. The number of nitrogens with one attached hydrogen (secondary N) is 1. The zero-order chi connectivity index (χ0) is 7.84. The molecular weight excluding hydrogens is 134 g/mol. The van der Waals surface area contributed by atoms with E-state index in [1.54, 1.807) is 0 Å². The molecule has 1 heteroatoms. The predicted molar refractivity (Wildman–Crippen MR) is 48.1 cm³/mol. The van der Waals surface area contributed by atoms with Crippen LogP contribution < -0.4 is 5.32 Å². The normalized spacial score (nSPS) is 14.4. The molecule has 1 aliphatic rings. The second kappa shape index (κ2) is 2.26. The van der Waals surface area contributed by atoms with Crippen LogP contribution in [0.4, 0.5) is 5.69 Å². The molecule has 0 bridgehead atoms. The summed E-state index contributed by atoms with van der Waals surface area (Å²) in [6.07, 6.45) is 1.19. The minimum Gasteiger partial charge on any atom is -0.384 e. The van der Waals surface area contributed by atoms with Gasteiger partial charge in [0.2, 0.25) is 0 Å². The van der Waals surface area contributed by atoms with Crippen LogP contribution in [0.5, 0.6) is 0 Å². The maximum Gasteiger partial charge on any atom is 0.0405 e. The van der Waals surface area contributed by atoms with Crippen LogP contribution in [-0.4, -0.2) is 6.54 Å². The molecular formula is C10H13N. The number of benzene rings is 1. The third-order valence-electron chi connectivity index (χ3n) is 2.52. The quantitative estimate of drug-likeness (QED) is 0.593. The molecule has 1 N–H and O–H groups in total. The van der Waals surface area contributed by atoms with E-state index in [1.165, 1.54) is 28.8 Å². The van der Waals surface area contributed by atoms with Crippen LogP contribution in [0.2, 0.25) is 0 Å². The number of fused-ring (bicyclic) bond motifs is 1. The highest BCUT2D eigenvalue weighted by atomic mass is 14.9. The minimum atomic E-state index is 1.11. The van der Waals surface area contributed by atoms with Crippen molar-refractivity contribution in [2.24, 2.45) is 0 Å². The average molecular weight is 147 g/mol. The van der Waals surface area contributed by atoms with Crippen LogP contribution in [0, 0.1) is 13.8 Å². The Morgan fingerprint density at radius 3 is 2.91 bits per heavy atom. The molecule has 58 valence electrons. The molecule has 0 saturated carbocycles. The van der Waals surface area contributed by atoms with Crippen molar-refractivity contribution in [1.29, 1.82) is 0 Å². The highest BCUT2D eigenvalue weighted by molar-refractivity contribution is 5.62. The Morgan fingerprint density at radius 1 is 1.27 bits per heavy atom. The lowest BCUT2D eigenvalue weighted by atomic mass is 10.0. The predicted octanol–water partition coefficient (Wildman–Crippen LogP) is 2.27. The van der Waals surface area contributed by atoms with Gasteiger partial charge in [-0.25, -0.2) is 0 Å². The summed E-state index contributed by atoms with van der Waals surface area (Å²) < 4.78 is 0. The van der Waals surface area contributed by atoms with E-state index < -0.39 is 0 Å². The molecule has 1 aromatic rings. The number of hydrogen-bond donors (Lipinski definition) is 1. The summed E-state index contributed by atoms with van der Waals surface area (Å²) in [5, 5.41) is 3.41. The lowest BCUT2D eigenvalue weighted by Crippen LogP contribution is -1.93. The molecule has 1 aliphatic heterocycles. The van der Waals surface area contributed by atoms with Gasteiger partial charge in [0.1, 0.15) is 0 Å². The summed E-state index contributed by atoms with van der Waals surface area (Å²) in [4.78, 5) is 0. The first-order valence-electron chi connectivity index (χ1n) is 4.12. The molecule has 0 unspecified atom stereocenters. The average Bonchev–Trinajstić information content (AvgIpc) is 2.45. The van der Waals surface area contributed by atoms with E-state index in [4.69, 9.17) is 0 Å². The number of aryl methyl sites for hydroxylation is 1. The highest BCUT2D eigenvalue weighted by Crippen LogP contribution is 2.27. The SMILES string of the molecule is Cc1ccc2c(c1C)NCC2. The van der Waals surface area contributed by atoms with Gasteiger partial charge < -0.3 is 5.32 Å². The van der Waals surface area contributed by atoms with Crippen LogP contribution in [0.15, 0.2) is 12.1 Å². The second-order valence-corrected chi connectivity index (χ2v) is 3.22. The van der Waals surface area contributed by atoms with E-state index in [2.05, 4.69) is 31.3 Å². The van der Waals surface area contributed by atoms with Crippen molar-refractivity contribution in [3.8, 4) is 0 Å². The van der Waals surface area contributed by atoms with Crippen LogP contribution in [-0.2, 0) is 6.42 Å². The van der Waals surface area contributed by atoms with Gasteiger partial charge in [-0.05, 0) is 37.0 Å². The van der Waals surface area contributed by atoms with Crippen LogP contribution in [0.1, 0.15) is 16.7 Å². The van der Waals surface area contributed by atoms with Crippen molar-refractivity contribution in [2.45, 2.75) is 20.3 Å². The molecule has 0 aliphatic carbocycles. The fourth-order valence-corrected chi connectivity index (χ4v) is 1.65. The molecule has 11 heavy (non-hydrogen) atoms. The van der Waals surface area contributed by atoms with Crippen molar-refractivity contribution >= 4 is 5.69 Å². The van der Waals surface area contributed by atoms with E-state index >= 15 is 0 Å². The van der Waals surface area contributed by atoms with Crippen molar-refractivity contribution in [3.63, 3.8) is 0 Å². The smallest absolute Gasteiger partial charge is 0.0405 e. The summed E-state index contributed by atoms with van der Waals surface area (Å²) in [6, 6.07) is 4.44. The summed E-state index contributed by atoms with van der Waals surface area (Å²) in [6.45, 7) is 5.46. The van der Waals surface area contributed by atoms with Crippen LogP contribution in [0.25, 0.3) is 0 Å². The second-order valence-electron chi connectivity index (χ2n) is 3.22. The van der Waals surface area contributed by atoms with Gasteiger partial charge in [-0.15, -0.1) is 0 Å². The lowest BCUT2D eigenvalue weighted by Gasteiger charge is -2.06. The van der Waals surface area contributed by atoms with Gasteiger partial charge in [-0.1, -0.05) is 12.1 Å². The van der Waals surface area contributed by atoms with Gasteiger partial charge in [-0.3, -0.25) is 0 Å². The first kappa shape index (κ1) is 6.71. The number of anilines is 1. The molecule has 0 saturated heterocycles. The molecule has 2 rings (SSSR count). The van der Waals surface area contributed by atoms with Gasteiger partial charge >= 0.3 is 0 Å². The Hall–Kier alpha value is -0.980. The van der Waals surface area contributed by atoms with E-state index in [0.29, 0.717) is 0 Å². The first-order chi connectivity index (χ1) is 5.29. The molecule has 0 atom stereocenters. The standard InChI is InChI=1S/C10H13N/c1-7-3-4-9-5-6-11-10(9)8(7)2/h3-4,11H,5-6H2,1-2H3. The summed E-state index contributed by atoms with van der Waals surface area (Å²) >= 11 is 0. The molecule has 1 heterocycles. The fraction of sp³-hybridized carbons (Fsp3) is 0.400. The van der Waals surface area contributed by atoms with Gasteiger partial charge in [0.05, 0.1) is 0 Å². The maximum absolute atomic E-state index is 3.41.